The molecular formula is C65H102O5. The predicted molar refractivity (Wildman–Crippen MR) is 306 cm³/mol. The molecule has 1 N–H and O–H groups in total. The molecule has 0 bridgehead atoms. The summed E-state index contributed by atoms with van der Waals surface area (Å²) in [5.41, 5.74) is 0. The molecule has 0 aromatic heterocycles. The summed E-state index contributed by atoms with van der Waals surface area (Å²) in [5.74, 6) is -0.642. The first-order valence-corrected chi connectivity index (χ1v) is 28.0. The van der Waals surface area contributed by atoms with Crippen LogP contribution in [-0.2, 0) is 19.1 Å². The quantitative estimate of drug-likeness (QED) is 0.0374. The average Bonchev–Trinajstić information content (AvgIpc) is 3.36. The Morgan fingerprint density at radius 3 is 0.871 bits per heavy atom. The van der Waals surface area contributed by atoms with E-state index in [1.165, 1.54) is 64.2 Å². The second kappa shape index (κ2) is 58.8. The molecule has 1 atom stereocenters. The van der Waals surface area contributed by atoms with Crippen LogP contribution >= 0.6 is 0 Å². The van der Waals surface area contributed by atoms with Crippen molar-refractivity contribution in [3.8, 4) is 0 Å². The molecule has 0 aliphatic heterocycles. The van der Waals surface area contributed by atoms with E-state index in [1.54, 1.807) is 0 Å². The van der Waals surface area contributed by atoms with Gasteiger partial charge in [0.25, 0.3) is 0 Å². The van der Waals surface area contributed by atoms with Crippen molar-refractivity contribution in [2.45, 2.75) is 225 Å². The van der Waals surface area contributed by atoms with Crippen molar-refractivity contribution >= 4 is 11.9 Å². The van der Waals surface area contributed by atoms with Gasteiger partial charge in [-0.1, -0.05) is 242 Å². The van der Waals surface area contributed by atoms with E-state index < -0.39 is 6.10 Å². The highest BCUT2D eigenvalue weighted by Gasteiger charge is 2.16. The molecule has 5 nitrogen and oxygen atoms in total. The van der Waals surface area contributed by atoms with E-state index in [1.807, 2.05) is 0 Å². The van der Waals surface area contributed by atoms with Gasteiger partial charge < -0.3 is 14.6 Å². The van der Waals surface area contributed by atoms with E-state index in [9.17, 15) is 14.7 Å². The van der Waals surface area contributed by atoms with Crippen molar-refractivity contribution in [1.82, 2.24) is 0 Å². The molecule has 0 amide bonds. The summed E-state index contributed by atoms with van der Waals surface area (Å²) in [6.07, 6.45) is 90.6. The highest BCUT2D eigenvalue weighted by molar-refractivity contribution is 5.70. The molecule has 0 aliphatic carbocycles. The maximum atomic E-state index is 12.3. The molecule has 0 aliphatic rings. The summed E-state index contributed by atoms with van der Waals surface area (Å²) in [6.45, 7) is 3.88. The number of carbonyl (C=O) groups excluding carboxylic acids is 2. The van der Waals surface area contributed by atoms with Crippen LogP contribution in [0.1, 0.15) is 219 Å². The fraction of sp³-hybridized carbons (Fsp3) is 0.569. The van der Waals surface area contributed by atoms with Gasteiger partial charge in [-0.25, -0.2) is 0 Å². The van der Waals surface area contributed by atoms with Crippen molar-refractivity contribution in [2.75, 3.05) is 13.2 Å². The zero-order valence-electron chi connectivity index (χ0n) is 44.7. The molecule has 0 fully saturated rings. The summed E-state index contributed by atoms with van der Waals surface area (Å²) in [4.78, 5) is 24.5. The molecule has 70 heavy (non-hydrogen) atoms. The van der Waals surface area contributed by atoms with Crippen LogP contribution in [0.3, 0.4) is 0 Å². The zero-order chi connectivity index (χ0) is 50.6. The first-order chi connectivity index (χ1) is 34.6. The Morgan fingerprint density at radius 1 is 0.329 bits per heavy atom. The molecular weight excluding hydrogens is 861 g/mol. The highest BCUT2D eigenvalue weighted by atomic mass is 16.6. The Labute approximate surface area is 430 Å². The van der Waals surface area contributed by atoms with Gasteiger partial charge in [-0.05, 0) is 122 Å². The number of esters is 2. The maximum absolute atomic E-state index is 12.3. The van der Waals surface area contributed by atoms with Crippen molar-refractivity contribution in [2.24, 2.45) is 0 Å². The van der Waals surface area contributed by atoms with E-state index in [4.69, 9.17) is 9.47 Å². The third-order valence-corrected chi connectivity index (χ3v) is 11.3. The van der Waals surface area contributed by atoms with Gasteiger partial charge in [-0.2, -0.15) is 0 Å². The Hall–Kier alpha value is -4.48. The van der Waals surface area contributed by atoms with Gasteiger partial charge in [0.05, 0.1) is 6.61 Å². The van der Waals surface area contributed by atoms with E-state index in [0.29, 0.717) is 12.8 Å². The van der Waals surface area contributed by atoms with Gasteiger partial charge in [-0.15, -0.1) is 0 Å². The van der Waals surface area contributed by atoms with Gasteiger partial charge in [0.2, 0.25) is 0 Å². The number of ether oxygens (including phenoxy) is 2. The molecule has 0 saturated carbocycles. The fourth-order valence-electron chi connectivity index (χ4n) is 7.18. The molecule has 1 unspecified atom stereocenters. The summed E-state index contributed by atoms with van der Waals surface area (Å²) in [5, 5.41) is 9.65. The lowest BCUT2D eigenvalue weighted by Gasteiger charge is -2.15. The van der Waals surface area contributed by atoms with Crippen LogP contribution < -0.4 is 0 Å². The van der Waals surface area contributed by atoms with Crippen LogP contribution in [-0.4, -0.2) is 36.4 Å². The first-order valence-electron chi connectivity index (χ1n) is 28.0. The molecule has 392 valence electrons. The molecule has 0 heterocycles. The smallest absolute Gasteiger partial charge is 0.306 e. The normalized spacial score (nSPS) is 13.5. The first kappa shape index (κ1) is 65.5. The van der Waals surface area contributed by atoms with Crippen LogP contribution in [0.5, 0.6) is 0 Å². The third-order valence-electron chi connectivity index (χ3n) is 11.3. The van der Waals surface area contributed by atoms with E-state index in [2.05, 4.69) is 172 Å². The minimum Gasteiger partial charge on any atom is -0.462 e. The van der Waals surface area contributed by atoms with Gasteiger partial charge >= 0.3 is 11.9 Å². The predicted octanol–water partition coefficient (Wildman–Crippen LogP) is 19.2. The Balaban J connectivity index is 3.65. The average molecular weight is 964 g/mol. The minimum absolute atomic E-state index is 0.0911. The van der Waals surface area contributed by atoms with Crippen molar-refractivity contribution in [1.29, 1.82) is 0 Å². The Morgan fingerprint density at radius 2 is 0.571 bits per heavy atom. The number of hydrogen-bond acceptors (Lipinski definition) is 5. The Kier molecular flexibility index (Phi) is 55.1. The second-order valence-corrected chi connectivity index (χ2v) is 17.9. The van der Waals surface area contributed by atoms with E-state index in [0.717, 1.165) is 128 Å². The monoisotopic (exact) mass is 963 g/mol. The summed E-state index contributed by atoms with van der Waals surface area (Å²) >= 11 is 0. The third kappa shape index (κ3) is 56.1. The number of aliphatic hydroxyl groups is 1. The van der Waals surface area contributed by atoms with E-state index in [-0.39, 0.29) is 25.2 Å². The lowest BCUT2D eigenvalue weighted by Crippen LogP contribution is -2.28. The number of rotatable bonds is 49. The van der Waals surface area contributed by atoms with Crippen molar-refractivity contribution in [3.05, 3.63) is 158 Å². The number of hydrogen-bond donors (Lipinski definition) is 1. The zero-order valence-corrected chi connectivity index (χ0v) is 44.7. The molecule has 0 spiro atoms. The standard InChI is InChI=1S/C65H102O5/c1-3-5-7-9-11-13-15-17-19-21-23-25-27-29-30-31-32-33-34-36-38-40-42-44-46-48-50-52-54-56-58-60-65(68)70-63(61-66)62-69-64(67)59-57-55-53-51-49-47-45-43-41-39-37-35-28-26-24-22-20-18-16-14-12-10-8-6-4-2/h5-8,11-14,17-20,23-26,29-30,32-33,36,38,42,44,48,50,63,66H,3-4,9-10,15-16,21-22,27-28,31,34-35,37,39-41,43,45-47,49,51-62H2,1-2H3/b7-5-,8-6-,13-11-,14-12-,19-17-,20-18-,25-23-,26-24-,30-29-,33-32-,38-36-,44-42-,50-48-. The van der Waals surface area contributed by atoms with Crippen LogP contribution in [0.15, 0.2) is 158 Å². The van der Waals surface area contributed by atoms with Crippen LogP contribution in [0, 0.1) is 0 Å². The van der Waals surface area contributed by atoms with Crippen LogP contribution in [0.2, 0.25) is 0 Å². The largest absolute Gasteiger partial charge is 0.462 e. The summed E-state index contributed by atoms with van der Waals surface area (Å²) in [7, 11) is 0. The number of carbonyl (C=O) groups is 2. The Bertz CT molecular complexity index is 1560. The molecule has 0 aromatic carbocycles. The lowest BCUT2D eigenvalue weighted by molar-refractivity contribution is -0.161. The van der Waals surface area contributed by atoms with E-state index >= 15 is 0 Å². The molecule has 0 radical (unpaired) electrons. The number of allylic oxidation sites excluding steroid dienone is 26. The minimum atomic E-state index is -0.804. The fourth-order valence-corrected chi connectivity index (χ4v) is 7.18. The maximum Gasteiger partial charge on any atom is 0.306 e. The molecule has 5 heteroatoms. The highest BCUT2D eigenvalue weighted by Crippen LogP contribution is 2.14. The molecule has 0 aromatic rings. The van der Waals surface area contributed by atoms with Gasteiger partial charge in [0, 0.05) is 12.8 Å². The lowest BCUT2D eigenvalue weighted by atomic mass is 10.0. The topological polar surface area (TPSA) is 72.8 Å². The van der Waals surface area contributed by atoms with Gasteiger partial charge in [0.1, 0.15) is 6.61 Å². The SMILES string of the molecule is CC/C=C\C/C=C\C/C=C\C/C=C\C/C=C\C/C=C\C/C=C\C/C=C\C/C=C\CCCCCC(=O)OC(CO)COC(=O)CCCCCCCCCCCCCC/C=C\C/C=C\C/C=C\C/C=C\CC. The van der Waals surface area contributed by atoms with Gasteiger partial charge in [0.15, 0.2) is 6.10 Å². The molecule has 0 rings (SSSR count). The summed E-state index contributed by atoms with van der Waals surface area (Å²) < 4.78 is 10.7. The van der Waals surface area contributed by atoms with Crippen molar-refractivity contribution < 1.29 is 24.2 Å². The van der Waals surface area contributed by atoms with Crippen molar-refractivity contribution in [3.63, 3.8) is 0 Å². The molecule has 0 saturated heterocycles. The summed E-state index contributed by atoms with van der Waals surface area (Å²) in [6, 6.07) is 0. The number of unbranched alkanes of at least 4 members (excludes halogenated alkanes) is 15. The number of aliphatic hydroxyl groups excluding tert-OH is 1. The second-order valence-electron chi connectivity index (χ2n) is 17.9. The van der Waals surface area contributed by atoms with Crippen LogP contribution in [0.25, 0.3) is 0 Å². The van der Waals surface area contributed by atoms with Gasteiger partial charge in [-0.3, -0.25) is 9.59 Å². The van der Waals surface area contributed by atoms with Crippen LogP contribution in [0.4, 0.5) is 0 Å².